The number of benzene rings is 3. The quantitative estimate of drug-likeness (QED) is 0.535. The predicted octanol–water partition coefficient (Wildman–Crippen LogP) is 5.49. The number of ketones is 1. The molecule has 0 atom stereocenters. The zero-order chi connectivity index (χ0) is 23.4. The number of carbonyl (C=O) groups is 2. The molecular weight excluding hydrogens is 412 g/mol. The minimum absolute atomic E-state index is 0.166. The van der Waals surface area contributed by atoms with Crippen LogP contribution >= 0.6 is 0 Å². The number of carboxylic acids is 1. The Hall–Kier alpha value is -3.86. The van der Waals surface area contributed by atoms with Crippen LogP contribution in [0.2, 0.25) is 0 Å². The highest BCUT2D eigenvalue weighted by Gasteiger charge is 2.26. The fourth-order valence-electron chi connectivity index (χ4n) is 4.22. The first kappa shape index (κ1) is 22.3. The van der Waals surface area contributed by atoms with Crippen LogP contribution < -0.4 is 0 Å². The van der Waals surface area contributed by atoms with Gasteiger partial charge in [-0.3, -0.25) is 14.8 Å². The molecule has 0 saturated carbocycles. The van der Waals surface area contributed by atoms with Gasteiger partial charge in [-0.2, -0.15) is 0 Å². The van der Waals surface area contributed by atoms with E-state index in [0.29, 0.717) is 25.1 Å². The van der Waals surface area contributed by atoms with E-state index in [1.165, 1.54) is 5.56 Å². The number of carbonyl (C=O) groups excluding carboxylic acids is 1. The maximum atomic E-state index is 12.7. The lowest BCUT2D eigenvalue weighted by atomic mass is 9.78. The highest BCUT2D eigenvalue weighted by Crippen LogP contribution is 2.30. The molecule has 166 valence electrons. The Bertz CT molecular complexity index is 1260. The summed E-state index contributed by atoms with van der Waals surface area (Å²) in [5, 5.41) is 8.79. The number of rotatable bonds is 5. The molecule has 0 amide bonds. The van der Waals surface area contributed by atoms with Crippen LogP contribution in [0.4, 0.5) is 0 Å². The first-order valence-electron chi connectivity index (χ1n) is 10.9. The van der Waals surface area contributed by atoms with Crippen LogP contribution in [0.15, 0.2) is 76.7 Å². The third-order valence-electron chi connectivity index (χ3n) is 6.07. The van der Waals surface area contributed by atoms with E-state index in [2.05, 4.69) is 36.0 Å². The minimum Gasteiger partial charge on any atom is -0.478 e. The molecule has 0 saturated heterocycles. The average Bonchev–Trinajstić information content (AvgIpc) is 3.48. The van der Waals surface area contributed by atoms with Gasteiger partial charge in [0.1, 0.15) is 0 Å². The number of aliphatic imine (C=N–C) groups is 2. The van der Waals surface area contributed by atoms with Crippen molar-refractivity contribution in [3.63, 3.8) is 0 Å². The molecular formula is C28H26N2O3. The first-order chi connectivity index (χ1) is 15.9. The summed E-state index contributed by atoms with van der Waals surface area (Å²) in [6.07, 6.45) is 4.07. The standard InChI is InChI=1S/C19H19NO.C9H7NO2/c1-19(2,15-8-4-3-5-9-15)11-18(21)16-10-6-7-14-12-20-13-17(14)16;11-9(12)7-3-1-2-6-4-10-5-8(6)7/h3-10,12H,11,13H2,1-2H3;1-4H,5H2,(H,11,12). The van der Waals surface area contributed by atoms with E-state index < -0.39 is 5.97 Å². The maximum Gasteiger partial charge on any atom is 0.336 e. The molecule has 0 spiro atoms. The Morgan fingerprint density at radius 3 is 1.91 bits per heavy atom. The lowest BCUT2D eigenvalue weighted by Crippen LogP contribution is -2.22. The van der Waals surface area contributed by atoms with Crippen molar-refractivity contribution in [2.75, 3.05) is 0 Å². The second-order valence-corrected chi connectivity index (χ2v) is 8.84. The van der Waals surface area contributed by atoms with Gasteiger partial charge in [-0.1, -0.05) is 74.5 Å². The van der Waals surface area contributed by atoms with E-state index in [0.717, 1.165) is 27.8 Å². The smallest absolute Gasteiger partial charge is 0.336 e. The Labute approximate surface area is 193 Å². The third kappa shape index (κ3) is 4.82. The lowest BCUT2D eigenvalue weighted by molar-refractivity contribution is 0.0695. The first-order valence-corrected chi connectivity index (χ1v) is 10.9. The van der Waals surface area contributed by atoms with Crippen LogP contribution in [0, 0.1) is 0 Å². The fourth-order valence-corrected chi connectivity index (χ4v) is 4.22. The Kier molecular flexibility index (Phi) is 6.31. The van der Waals surface area contributed by atoms with E-state index in [4.69, 9.17) is 5.11 Å². The molecule has 5 rings (SSSR count). The van der Waals surface area contributed by atoms with Crippen LogP contribution in [0.1, 0.15) is 68.8 Å². The summed E-state index contributed by atoms with van der Waals surface area (Å²) in [6.45, 7) is 5.38. The van der Waals surface area contributed by atoms with Crippen molar-refractivity contribution in [1.82, 2.24) is 0 Å². The summed E-state index contributed by atoms with van der Waals surface area (Å²) in [6, 6.07) is 21.3. The molecule has 0 bridgehead atoms. The Balaban J connectivity index is 0.000000183. The number of nitrogens with zero attached hydrogens (tertiary/aromatic N) is 2. The van der Waals surface area contributed by atoms with E-state index in [-0.39, 0.29) is 11.2 Å². The predicted molar refractivity (Wildman–Crippen MR) is 131 cm³/mol. The van der Waals surface area contributed by atoms with Gasteiger partial charge in [0, 0.05) is 24.4 Å². The minimum atomic E-state index is -0.877. The molecule has 0 unspecified atom stereocenters. The van der Waals surface area contributed by atoms with Crippen molar-refractivity contribution in [2.24, 2.45) is 9.98 Å². The molecule has 2 aliphatic rings. The van der Waals surface area contributed by atoms with Crippen LogP contribution in [0.3, 0.4) is 0 Å². The second kappa shape index (κ2) is 9.33. The summed E-state index contributed by atoms with van der Waals surface area (Å²) in [5.74, 6) is -0.677. The Morgan fingerprint density at radius 2 is 1.33 bits per heavy atom. The van der Waals surface area contributed by atoms with E-state index in [9.17, 15) is 9.59 Å². The lowest BCUT2D eigenvalue weighted by Gasteiger charge is -2.25. The molecule has 5 nitrogen and oxygen atoms in total. The van der Waals surface area contributed by atoms with Crippen molar-refractivity contribution >= 4 is 24.2 Å². The van der Waals surface area contributed by atoms with E-state index in [1.54, 1.807) is 18.3 Å². The highest BCUT2D eigenvalue weighted by molar-refractivity contribution is 6.01. The molecule has 33 heavy (non-hydrogen) atoms. The molecule has 2 aliphatic heterocycles. The Morgan fingerprint density at radius 1 is 0.788 bits per heavy atom. The monoisotopic (exact) mass is 438 g/mol. The molecule has 0 radical (unpaired) electrons. The summed E-state index contributed by atoms with van der Waals surface area (Å²) in [7, 11) is 0. The second-order valence-electron chi connectivity index (χ2n) is 8.84. The van der Waals surface area contributed by atoms with Gasteiger partial charge in [0.15, 0.2) is 5.78 Å². The van der Waals surface area contributed by atoms with Crippen molar-refractivity contribution in [3.8, 4) is 0 Å². The summed E-state index contributed by atoms with van der Waals surface area (Å²) < 4.78 is 0. The van der Waals surface area contributed by atoms with Crippen LogP contribution in [0.5, 0.6) is 0 Å². The van der Waals surface area contributed by atoms with Gasteiger partial charge >= 0.3 is 5.97 Å². The zero-order valence-corrected chi connectivity index (χ0v) is 18.8. The average molecular weight is 439 g/mol. The fraction of sp³-hybridized carbons (Fsp3) is 0.214. The molecule has 2 heterocycles. The number of Topliss-reactive ketones (excluding diaryl/α,β-unsaturated/α-hetero) is 1. The van der Waals surface area contributed by atoms with Crippen LogP contribution in [-0.4, -0.2) is 29.3 Å². The maximum absolute atomic E-state index is 12.7. The summed E-state index contributed by atoms with van der Waals surface area (Å²) in [4.78, 5) is 31.7. The number of carboxylic acid groups (broad SMARTS) is 1. The summed E-state index contributed by atoms with van der Waals surface area (Å²) in [5.41, 5.74) is 6.13. The van der Waals surface area contributed by atoms with E-state index >= 15 is 0 Å². The molecule has 3 aromatic rings. The molecule has 0 fully saturated rings. The van der Waals surface area contributed by atoms with Gasteiger partial charge in [0.25, 0.3) is 0 Å². The van der Waals surface area contributed by atoms with Crippen LogP contribution in [0.25, 0.3) is 0 Å². The molecule has 1 N–H and O–H groups in total. The molecule has 3 aromatic carbocycles. The van der Waals surface area contributed by atoms with Gasteiger partial charge in [-0.05, 0) is 39.3 Å². The topological polar surface area (TPSA) is 79.1 Å². The third-order valence-corrected chi connectivity index (χ3v) is 6.07. The number of aromatic carboxylic acids is 1. The van der Waals surface area contributed by atoms with Crippen LogP contribution in [-0.2, 0) is 18.5 Å². The van der Waals surface area contributed by atoms with Gasteiger partial charge in [0.05, 0.1) is 18.7 Å². The van der Waals surface area contributed by atoms with Gasteiger partial charge in [-0.25, -0.2) is 4.79 Å². The SMILES string of the molecule is CC(C)(CC(=O)c1cccc2c1CN=C2)c1ccccc1.O=C(O)c1cccc2c1CN=C2. The van der Waals surface area contributed by atoms with Gasteiger partial charge < -0.3 is 5.11 Å². The molecule has 0 aromatic heterocycles. The van der Waals surface area contributed by atoms with E-state index in [1.807, 2.05) is 48.7 Å². The van der Waals surface area contributed by atoms with Crippen molar-refractivity contribution in [1.29, 1.82) is 0 Å². The van der Waals surface area contributed by atoms with Gasteiger partial charge in [0.2, 0.25) is 0 Å². The van der Waals surface area contributed by atoms with Gasteiger partial charge in [-0.15, -0.1) is 0 Å². The molecule has 0 aliphatic carbocycles. The van der Waals surface area contributed by atoms with Crippen molar-refractivity contribution in [2.45, 2.75) is 38.8 Å². The summed E-state index contributed by atoms with van der Waals surface area (Å²) >= 11 is 0. The van der Waals surface area contributed by atoms with Crippen molar-refractivity contribution < 1.29 is 14.7 Å². The molecule has 5 heteroatoms. The normalized spacial score (nSPS) is 13.2. The zero-order valence-electron chi connectivity index (χ0n) is 18.8. The van der Waals surface area contributed by atoms with Crippen molar-refractivity contribution in [3.05, 3.63) is 106 Å². The number of fused-ring (bicyclic) bond motifs is 2. The number of hydrogen-bond acceptors (Lipinski definition) is 4. The number of hydrogen-bond donors (Lipinski definition) is 1. The largest absolute Gasteiger partial charge is 0.478 e. The highest BCUT2D eigenvalue weighted by atomic mass is 16.4.